The van der Waals surface area contributed by atoms with Crippen molar-refractivity contribution in [2.75, 3.05) is 39.4 Å². The second-order valence-electron chi connectivity index (χ2n) is 6.82. The third-order valence-corrected chi connectivity index (χ3v) is 4.81. The van der Waals surface area contributed by atoms with E-state index in [0.29, 0.717) is 19.8 Å². The van der Waals surface area contributed by atoms with Gasteiger partial charge >= 0.3 is 0 Å². The molecule has 0 saturated carbocycles. The number of ether oxygens (including phenoxy) is 1. The van der Waals surface area contributed by atoms with Gasteiger partial charge in [-0.3, -0.25) is 15.0 Å². The van der Waals surface area contributed by atoms with Crippen LogP contribution in [0.4, 0.5) is 8.78 Å². The summed E-state index contributed by atoms with van der Waals surface area (Å²) in [6, 6.07) is 7.37. The van der Waals surface area contributed by atoms with Gasteiger partial charge in [-0.25, -0.2) is 8.78 Å². The van der Waals surface area contributed by atoms with E-state index in [2.05, 4.69) is 21.6 Å². The highest BCUT2D eigenvalue weighted by atomic mass is 35.5. The number of carbonyl (C=O) groups excluding carboxylic acids is 1. The molecule has 2 atom stereocenters. The van der Waals surface area contributed by atoms with E-state index in [4.69, 9.17) is 4.74 Å². The van der Waals surface area contributed by atoms with Crippen LogP contribution in [0.2, 0.25) is 0 Å². The number of alkyl halides is 2. The number of hydrogen-bond donors (Lipinski definition) is 2. The quantitative estimate of drug-likeness (QED) is 0.759. The molecule has 154 valence electrons. The van der Waals surface area contributed by atoms with E-state index in [1.165, 1.54) is 0 Å². The van der Waals surface area contributed by atoms with E-state index < -0.39 is 24.9 Å². The summed E-state index contributed by atoms with van der Waals surface area (Å²) >= 11 is 0. The van der Waals surface area contributed by atoms with Crippen LogP contribution in [-0.4, -0.2) is 62.2 Å². The highest BCUT2D eigenvalue weighted by Crippen LogP contribution is 2.26. The van der Waals surface area contributed by atoms with E-state index in [0.717, 1.165) is 24.2 Å². The lowest BCUT2D eigenvalue weighted by Crippen LogP contribution is -2.47. The summed E-state index contributed by atoms with van der Waals surface area (Å²) in [5, 5.41) is 5.46. The molecule has 27 heavy (non-hydrogen) atoms. The molecule has 3 rings (SSSR count). The first-order chi connectivity index (χ1) is 11.9. The van der Waals surface area contributed by atoms with Crippen molar-refractivity contribution >= 4 is 30.7 Å². The lowest BCUT2D eigenvalue weighted by Gasteiger charge is -2.35. The molecular formula is C18H27Cl2F2N3O2. The molecule has 2 saturated heterocycles. The molecule has 2 N–H and O–H groups in total. The summed E-state index contributed by atoms with van der Waals surface area (Å²) in [7, 11) is 0. The molecule has 2 heterocycles. The van der Waals surface area contributed by atoms with Gasteiger partial charge in [-0.05, 0) is 12.5 Å². The summed E-state index contributed by atoms with van der Waals surface area (Å²) in [4.78, 5) is 14.5. The molecule has 1 amide bonds. The van der Waals surface area contributed by atoms with Crippen LogP contribution >= 0.6 is 24.8 Å². The van der Waals surface area contributed by atoms with Crippen molar-refractivity contribution in [2.45, 2.75) is 31.4 Å². The van der Waals surface area contributed by atoms with Gasteiger partial charge in [0.05, 0.1) is 31.8 Å². The first kappa shape index (κ1) is 24.0. The summed E-state index contributed by atoms with van der Waals surface area (Å²) in [6.07, 6.45) is -0.439. The topological polar surface area (TPSA) is 53.6 Å². The largest absolute Gasteiger partial charge is 0.379 e. The molecule has 1 aromatic carbocycles. The van der Waals surface area contributed by atoms with E-state index in [-0.39, 0.29) is 36.8 Å². The van der Waals surface area contributed by atoms with Gasteiger partial charge in [0.25, 0.3) is 5.92 Å². The van der Waals surface area contributed by atoms with Crippen LogP contribution in [0.3, 0.4) is 0 Å². The van der Waals surface area contributed by atoms with E-state index in [1.54, 1.807) is 0 Å². The normalized spacial score (nSPS) is 23.0. The Hall–Kier alpha value is -0.990. The molecule has 2 aliphatic heterocycles. The Bertz CT molecular complexity index is 616. The molecule has 0 spiro atoms. The van der Waals surface area contributed by atoms with Crippen LogP contribution in [0, 0.1) is 6.92 Å². The highest BCUT2D eigenvalue weighted by Gasteiger charge is 2.42. The fourth-order valence-electron chi connectivity index (χ4n) is 3.45. The molecule has 0 aliphatic carbocycles. The van der Waals surface area contributed by atoms with Crippen molar-refractivity contribution in [1.29, 1.82) is 0 Å². The summed E-state index contributed by atoms with van der Waals surface area (Å²) in [5.41, 5.74) is 2.27. The number of nitrogens with one attached hydrogen (secondary N) is 2. The summed E-state index contributed by atoms with van der Waals surface area (Å²) < 4.78 is 32.0. The maximum atomic E-state index is 13.3. The molecule has 0 radical (unpaired) electrons. The third kappa shape index (κ3) is 6.54. The van der Waals surface area contributed by atoms with Gasteiger partial charge in [0.15, 0.2) is 0 Å². The Morgan fingerprint density at radius 1 is 1.37 bits per heavy atom. The summed E-state index contributed by atoms with van der Waals surface area (Å²) in [5.74, 6) is -3.16. The predicted octanol–water partition coefficient (Wildman–Crippen LogP) is 2.33. The first-order valence-corrected chi connectivity index (χ1v) is 8.72. The third-order valence-electron chi connectivity index (χ3n) is 4.81. The van der Waals surface area contributed by atoms with Crippen LogP contribution in [-0.2, 0) is 9.53 Å². The van der Waals surface area contributed by atoms with Crippen molar-refractivity contribution in [3.63, 3.8) is 0 Å². The van der Waals surface area contributed by atoms with Crippen LogP contribution in [0.1, 0.15) is 23.6 Å². The highest BCUT2D eigenvalue weighted by molar-refractivity contribution is 5.85. The Balaban J connectivity index is 0.00000182. The molecule has 2 fully saturated rings. The Labute approximate surface area is 171 Å². The zero-order valence-corrected chi connectivity index (χ0v) is 16.9. The molecule has 2 aliphatic rings. The fraction of sp³-hybridized carbons (Fsp3) is 0.611. The minimum absolute atomic E-state index is 0. The molecule has 1 aromatic rings. The SMILES string of the molecule is Cc1cccc(C(CNC(=O)C2CC(F)(F)CN2)N2CCOCC2)c1.Cl.Cl. The number of hydrogen-bond acceptors (Lipinski definition) is 4. The van der Waals surface area contributed by atoms with Crippen LogP contribution < -0.4 is 10.6 Å². The van der Waals surface area contributed by atoms with Crippen LogP contribution in [0.15, 0.2) is 24.3 Å². The maximum Gasteiger partial charge on any atom is 0.262 e. The Morgan fingerprint density at radius 2 is 2.07 bits per heavy atom. The lowest BCUT2D eigenvalue weighted by molar-refractivity contribution is -0.123. The van der Waals surface area contributed by atoms with Gasteiger partial charge in [-0.2, -0.15) is 0 Å². The van der Waals surface area contributed by atoms with Gasteiger partial charge in [-0.1, -0.05) is 29.8 Å². The first-order valence-electron chi connectivity index (χ1n) is 8.72. The average Bonchev–Trinajstić information content (AvgIpc) is 2.96. The second-order valence-corrected chi connectivity index (χ2v) is 6.82. The predicted molar refractivity (Wildman–Crippen MR) is 105 cm³/mol. The molecule has 0 aromatic heterocycles. The molecule has 9 heteroatoms. The van der Waals surface area contributed by atoms with E-state index >= 15 is 0 Å². The smallest absolute Gasteiger partial charge is 0.262 e. The van der Waals surface area contributed by atoms with Crippen LogP contribution in [0.5, 0.6) is 0 Å². The maximum absolute atomic E-state index is 13.3. The monoisotopic (exact) mass is 425 g/mol. The Morgan fingerprint density at radius 3 is 2.67 bits per heavy atom. The number of aryl methyl sites for hydroxylation is 1. The second kappa shape index (κ2) is 10.5. The molecule has 5 nitrogen and oxygen atoms in total. The zero-order chi connectivity index (χ0) is 17.9. The molecular weight excluding hydrogens is 399 g/mol. The van der Waals surface area contributed by atoms with Gasteiger partial charge in [0.2, 0.25) is 5.91 Å². The van der Waals surface area contributed by atoms with Crippen molar-refractivity contribution in [2.24, 2.45) is 0 Å². The van der Waals surface area contributed by atoms with E-state index in [9.17, 15) is 13.6 Å². The minimum Gasteiger partial charge on any atom is -0.379 e. The van der Waals surface area contributed by atoms with Gasteiger partial charge in [0, 0.05) is 26.1 Å². The summed E-state index contributed by atoms with van der Waals surface area (Å²) in [6.45, 7) is 4.88. The van der Waals surface area contributed by atoms with Gasteiger partial charge in [0.1, 0.15) is 0 Å². The van der Waals surface area contributed by atoms with E-state index in [1.807, 2.05) is 25.1 Å². The van der Waals surface area contributed by atoms with Gasteiger partial charge < -0.3 is 10.1 Å². The molecule has 2 unspecified atom stereocenters. The van der Waals surface area contributed by atoms with Crippen LogP contribution in [0.25, 0.3) is 0 Å². The number of rotatable bonds is 5. The van der Waals surface area contributed by atoms with Crippen molar-refractivity contribution in [3.8, 4) is 0 Å². The van der Waals surface area contributed by atoms with Crippen molar-refractivity contribution in [3.05, 3.63) is 35.4 Å². The number of morpholine rings is 1. The zero-order valence-electron chi connectivity index (χ0n) is 15.2. The number of amides is 1. The standard InChI is InChI=1S/C18H25F2N3O2.2ClH/c1-13-3-2-4-14(9-13)16(23-5-7-25-8-6-23)11-21-17(24)15-10-18(19,20)12-22-15;;/h2-4,9,15-16,22H,5-8,10-12H2,1H3,(H,21,24);2*1H. The van der Waals surface area contributed by atoms with Gasteiger partial charge in [-0.15, -0.1) is 24.8 Å². The number of carbonyl (C=O) groups is 1. The average molecular weight is 426 g/mol. The lowest BCUT2D eigenvalue weighted by atomic mass is 10.0. The number of halogens is 4. The number of benzene rings is 1. The van der Waals surface area contributed by atoms with Crippen molar-refractivity contribution < 1.29 is 18.3 Å². The van der Waals surface area contributed by atoms with Crippen molar-refractivity contribution in [1.82, 2.24) is 15.5 Å². The minimum atomic E-state index is -2.80. The Kier molecular flexibility index (Phi) is 9.38. The fourth-order valence-corrected chi connectivity index (χ4v) is 3.45. The number of nitrogens with zero attached hydrogens (tertiary/aromatic N) is 1. The molecule has 0 bridgehead atoms.